The molecule has 6 nitrogen and oxygen atoms in total. The van der Waals surface area contributed by atoms with Crippen molar-refractivity contribution < 1.29 is 36.3 Å². The smallest absolute Gasteiger partial charge is 0.439 e. The Labute approximate surface area is 150 Å². The second kappa shape index (κ2) is 9.75. The van der Waals surface area contributed by atoms with Gasteiger partial charge in [-0.15, -0.1) is 0 Å². The summed E-state index contributed by atoms with van der Waals surface area (Å²) in [5.74, 6) is -1.22. The maximum atomic E-state index is 13.7. The minimum absolute atomic E-state index is 0.106. The first-order valence-corrected chi connectivity index (χ1v) is 9.39. The van der Waals surface area contributed by atoms with Gasteiger partial charge in [0, 0.05) is 0 Å². The average molecular weight is 395 g/mol. The Morgan fingerprint density at radius 1 is 1.08 bits per heavy atom. The number of hydrogen-bond donors (Lipinski definition) is 0. The quantitative estimate of drug-likeness (QED) is 0.344. The van der Waals surface area contributed by atoms with Crippen LogP contribution in [-0.2, 0) is 23.1 Å². The van der Waals surface area contributed by atoms with Gasteiger partial charge in [-0.05, 0) is 32.9 Å². The standard InChI is InChI=1S/C16H21F3NO5P/c1-4-23-15(21)12-14(16(17,18)19)20(13-10-8-7-9-11-13)26(22,24-5-2)25-6-3/h7-12H,4-6H2,1-3H3. The summed E-state index contributed by atoms with van der Waals surface area (Å²) < 4.78 is 69.4. The number of benzene rings is 1. The molecule has 0 saturated carbocycles. The number of anilines is 1. The molecule has 0 fully saturated rings. The molecule has 1 aromatic rings. The van der Waals surface area contributed by atoms with Crippen molar-refractivity contribution in [2.45, 2.75) is 26.9 Å². The number of esters is 1. The summed E-state index contributed by atoms with van der Waals surface area (Å²) in [5.41, 5.74) is -1.61. The Balaban J connectivity index is 3.64. The highest BCUT2D eigenvalue weighted by molar-refractivity contribution is 7.56. The van der Waals surface area contributed by atoms with Gasteiger partial charge in [0.25, 0.3) is 0 Å². The van der Waals surface area contributed by atoms with Gasteiger partial charge >= 0.3 is 19.9 Å². The first-order valence-electron chi connectivity index (χ1n) is 7.90. The highest BCUT2D eigenvalue weighted by Crippen LogP contribution is 2.58. The van der Waals surface area contributed by atoms with E-state index in [1.807, 2.05) is 0 Å². The molecule has 10 heteroatoms. The molecule has 0 atom stereocenters. The zero-order chi connectivity index (χ0) is 19.8. The largest absolute Gasteiger partial charge is 0.463 e. The molecular weight excluding hydrogens is 374 g/mol. The lowest BCUT2D eigenvalue weighted by Crippen LogP contribution is -2.32. The zero-order valence-electron chi connectivity index (χ0n) is 14.7. The summed E-state index contributed by atoms with van der Waals surface area (Å²) >= 11 is 0. The number of ether oxygens (including phenoxy) is 1. The Morgan fingerprint density at radius 3 is 2.04 bits per heavy atom. The SMILES string of the molecule is CCOC(=O)C=C(N(c1ccccc1)P(=O)(OCC)OCC)C(F)(F)F. The van der Waals surface area contributed by atoms with E-state index < -0.39 is 25.6 Å². The maximum absolute atomic E-state index is 13.7. The topological polar surface area (TPSA) is 65.1 Å². The summed E-state index contributed by atoms with van der Waals surface area (Å²) in [6, 6.07) is 7.10. The van der Waals surface area contributed by atoms with Crippen LogP contribution in [0.1, 0.15) is 20.8 Å². The number of para-hydroxylation sites is 1. The lowest BCUT2D eigenvalue weighted by molar-refractivity contribution is -0.138. The fraction of sp³-hybridized carbons (Fsp3) is 0.438. The molecule has 146 valence electrons. The molecule has 1 aromatic carbocycles. The number of carbonyl (C=O) groups is 1. The van der Waals surface area contributed by atoms with E-state index in [-0.39, 0.29) is 31.6 Å². The molecule has 0 radical (unpaired) electrons. The minimum atomic E-state index is -5.02. The number of carbonyl (C=O) groups excluding carboxylic acids is 1. The molecule has 0 amide bonds. The highest BCUT2D eigenvalue weighted by Gasteiger charge is 2.47. The van der Waals surface area contributed by atoms with Gasteiger partial charge in [-0.3, -0.25) is 9.05 Å². The molecule has 1 rings (SSSR count). The molecule has 0 heterocycles. The van der Waals surface area contributed by atoms with Gasteiger partial charge in [0.05, 0.1) is 31.6 Å². The summed E-state index contributed by atoms with van der Waals surface area (Å²) in [4.78, 5) is 11.7. The molecule has 0 N–H and O–H groups in total. The van der Waals surface area contributed by atoms with Crippen molar-refractivity contribution in [2.24, 2.45) is 0 Å². The van der Waals surface area contributed by atoms with Gasteiger partial charge in [0.2, 0.25) is 0 Å². The van der Waals surface area contributed by atoms with E-state index in [4.69, 9.17) is 9.05 Å². The van der Waals surface area contributed by atoms with Crippen molar-refractivity contribution in [1.29, 1.82) is 0 Å². The van der Waals surface area contributed by atoms with Crippen molar-refractivity contribution in [3.63, 3.8) is 0 Å². The van der Waals surface area contributed by atoms with Crippen LogP contribution in [0.5, 0.6) is 0 Å². The molecule has 0 aromatic heterocycles. The lowest BCUT2D eigenvalue weighted by Gasteiger charge is -2.33. The molecule has 0 unspecified atom stereocenters. The van der Waals surface area contributed by atoms with Crippen LogP contribution in [0.3, 0.4) is 0 Å². The number of rotatable bonds is 9. The Bertz CT molecular complexity index is 654. The first-order chi connectivity index (χ1) is 12.2. The molecule has 26 heavy (non-hydrogen) atoms. The van der Waals surface area contributed by atoms with Crippen molar-refractivity contribution in [3.05, 3.63) is 42.1 Å². The van der Waals surface area contributed by atoms with E-state index in [2.05, 4.69) is 4.74 Å². The molecule has 0 spiro atoms. The second-order valence-electron chi connectivity index (χ2n) is 4.73. The number of alkyl halides is 3. The van der Waals surface area contributed by atoms with Crippen molar-refractivity contribution in [3.8, 4) is 0 Å². The third kappa shape index (κ3) is 5.86. The predicted molar refractivity (Wildman–Crippen MR) is 90.6 cm³/mol. The van der Waals surface area contributed by atoms with Gasteiger partial charge in [0.1, 0.15) is 5.70 Å². The van der Waals surface area contributed by atoms with E-state index in [0.717, 1.165) is 0 Å². The average Bonchev–Trinajstić information content (AvgIpc) is 2.55. The van der Waals surface area contributed by atoms with E-state index in [1.54, 1.807) is 6.07 Å². The van der Waals surface area contributed by atoms with Crippen LogP contribution in [-0.4, -0.2) is 32.0 Å². The van der Waals surface area contributed by atoms with Crippen LogP contribution in [0.15, 0.2) is 42.1 Å². The van der Waals surface area contributed by atoms with E-state index in [1.165, 1.54) is 45.0 Å². The van der Waals surface area contributed by atoms with Gasteiger partial charge in [-0.25, -0.2) is 14.0 Å². The second-order valence-corrected chi connectivity index (χ2v) is 6.58. The molecule has 0 aliphatic heterocycles. The van der Waals surface area contributed by atoms with Crippen LogP contribution in [0, 0.1) is 0 Å². The van der Waals surface area contributed by atoms with Gasteiger partial charge in [-0.1, -0.05) is 18.2 Å². The maximum Gasteiger partial charge on any atom is 0.439 e. The summed E-state index contributed by atoms with van der Waals surface area (Å²) in [6.07, 6.45) is -4.78. The summed E-state index contributed by atoms with van der Waals surface area (Å²) in [5, 5.41) is 0. The van der Waals surface area contributed by atoms with Crippen LogP contribution in [0.25, 0.3) is 0 Å². The lowest BCUT2D eigenvalue weighted by atomic mass is 10.3. The molecule has 0 aliphatic rings. The van der Waals surface area contributed by atoms with Gasteiger partial charge < -0.3 is 4.74 Å². The first kappa shape index (κ1) is 22.2. The van der Waals surface area contributed by atoms with Crippen LogP contribution in [0.4, 0.5) is 18.9 Å². The Hall–Kier alpha value is -1.83. The Morgan fingerprint density at radius 2 is 1.62 bits per heavy atom. The van der Waals surface area contributed by atoms with Gasteiger partial charge in [-0.2, -0.15) is 13.2 Å². The van der Waals surface area contributed by atoms with Crippen molar-refractivity contribution in [2.75, 3.05) is 24.5 Å². The minimum Gasteiger partial charge on any atom is -0.463 e. The third-order valence-electron chi connectivity index (χ3n) is 2.89. The van der Waals surface area contributed by atoms with E-state index in [9.17, 15) is 22.5 Å². The van der Waals surface area contributed by atoms with E-state index >= 15 is 0 Å². The summed E-state index contributed by atoms with van der Waals surface area (Å²) in [7, 11) is -4.44. The molecule has 0 aliphatic carbocycles. The zero-order valence-corrected chi connectivity index (χ0v) is 15.5. The van der Waals surface area contributed by atoms with Gasteiger partial charge in [0.15, 0.2) is 0 Å². The van der Waals surface area contributed by atoms with Crippen LogP contribution in [0.2, 0.25) is 0 Å². The fourth-order valence-electron chi connectivity index (χ4n) is 2.02. The monoisotopic (exact) mass is 395 g/mol. The molecular formula is C16H21F3NO5P. The fourth-order valence-corrected chi connectivity index (χ4v) is 3.83. The van der Waals surface area contributed by atoms with Crippen molar-refractivity contribution in [1.82, 2.24) is 0 Å². The number of nitrogens with zero attached hydrogens (tertiary/aromatic N) is 1. The molecule has 0 bridgehead atoms. The number of allylic oxidation sites excluding steroid dienone is 1. The number of halogens is 3. The molecule has 0 saturated heterocycles. The summed E-state index contributed by atoms with van der Waals surface area (Å²) in [6.45, 7) is 3.96. The third-order valence-corrected chi connectivity index (χ3v) is 5.00. The Kier molecular flexibility index (Phi) is 8.33. The normalized spacial score (nSPS) is 12.8. The van der Waals surface area contributed by atoms with Crippen LogP contribution >= 0.6 is 7.75 Å². The highest BCUT2D eigenvalue weighted by atomic mass is 31.2. The van der Waals surface area contributed by atoms with Crippen LogP contribution < -0.4 is 4.67 Å². The van der Waals surface area contributed by atoms with E-state index in [0.29, 0.717) is 4.67 Å². The van der Waals surface area contributed by atoms with Crippen molar-refractivity contribution >= 4 is 19.4 Å². The number of hydrogen-bond acceptors (Lipinski definition) is 5. The predicted octanol–water partition coefficient (Wildman–Crippen LogP) is 4.68.